The number of rotatable bonds is 6. The molecule has 2 heterocycles. The number of anilines is 1. The van der Waals surface area contributed by atoms with Gasteiger partial charge in [0, 0.05) is 17.1 Å². The molecule has 0 fully saturated rings. The molecular formula is C24H24ClN5O5. The fourth-order valence-corrected chi connectivity index (χ4v) is 4.01. The van der Waals surface area contributed by atoms with Gasteiger partial charge in [-0.1, -0.05) is 23.7 Å². The molecule has 0 spiro atoms. The number of hydrogen-bond acceptors (Lipinski definition) is 5. The number of aryl methyl sites for hydroxylation is 1. The molecule has 4 rings (SSSR count). The smallest absolute Gasteiger partial charge is 0.335 e. The van der Waals surface area contributed by atoms with Crippen LogP contribution in [0.1, 0.15) is 37.4 Å². The summed E-state index contributed by atoms with van der Waals surface area (Å²) in [4.78, 5) is 56.7. The SMILES string of the molecule is C[C@@H](C(=O)O)[C@H](C)n1c(=O)[nH]/c(=N\c2ccc3c(c2)CCC(=O)N3)n(Cc2ccc(Cl)cc2)c1=O. The van der Waals surface area contributed by atoms with Gasteiger partial charge in [0.05, 0.1) is 24.2 Å². The molecule has 2 aromatic carbocycles. The Morgan fingerprint density at radius 2 is 1.83 bits per heavy atom. The molecule has 0 unspecified atom stereocenters. The number of carboxylic acid groups (broad SMARTS) is 1. The molecular weight excluding hydrogens is 474 g/mol. The van der Waals surface area contributed by atoms with E-state index in [1.807, 2.05) is 0 Å². The number of carbonyl (C=O) groups is 2. The van der Waals surface area contributed by atoms with Gasteiger partial charge in [0.1, 0.15) is 0 Å². The lowest BCUT2D eigenvalue weighted by Crippen LogP contribution is -2.52. The van der Waals surface area contributed by atoms with Gasteiger partial charge in [0.25, 0.3) is 0 Å². The van der Waals surface area contributed by atoms with Crippen molar-refractivity contribution >= 4 is 34.9 Å². The summed E-state index contributed by atoms with van der Waals surface area (Å²) >= 11 is 5.98. The van der Waals surface area contributed by atoms with Crippen LogP contribution in [-0.4, -0.2) is 31.1 Å². The van der Waals surface area contributed by atoms with E-state index < -0.39 is 29.3 Å². The van der Waals surface area contributed by atoms with Gasteiger partial charge < -0.3 is 10.4 Å². The quantitative estimate of drug-likeness (QED) is 0.480. The zero-order chi connectivity index (χ0) is 25.3. The van der Waals surface area contributed by atoms with E-state index in [1.54, 1.807) is 42.5 Å². The van der Waals surface area contributed by atoms with E-state index in [1.165, 1.54) is 18.4 Å². The number of fused-ring (bicyclic) bond motifs is 1. The lowest BCUT2D eigenvalue weighted by Gasteiger charge is -2.19. The Hall–Kier alpha value is -3.92. The molecule has 1 aliphatic rings. The highest BCUT2D eigenvalue weighted by molar-refractivity contribution is 6.30. The summed E-state index contributed by atoms with van der Waals surface area (Å²) in [5.41, 5.74) is 1.40. The van der Waals surface area contributed by atoms with Gasteiger partial charge in [-0.3, -0.25) is 19.1 Å². The predicted octanol–water partition coefficient (Wildman–Crippen LogP) is 2.44. The van der Waals surface area contributed by atoms with Gasteiger partial charge in [-0.2, -0.15) is 0 Å². The molecule has 35 heavy (non-hydrogen) atoms. The van der Waals surface area contributed by atoms with Crippen molar-refractivity contribution in [2.75, 3.05) is 5.32 Å². The number of carboxylic acids is 1. The van der Waals surface area contributed by atoms with E-state index in [2.05, 4.69) is 15.3 Å². The summed E-state index contributed by atoms with van der Waals surface area (Å²) in [6, 6.07) is 11.2. The Balaban J connectivity index is 1.88. The number of H-pyrrole nitrogens is 1. The number of carbonyl (C=O) groups excluding carboxylic acids is 1. The minimum Gasteiger partial charge on any atom is -0.481 e. The zero-order valence-electron chi connectivity index (χ0n) is 19.1. The summed E-state index contributed by atoms with van der Waals surface area (Å²) < 4.78 is 2.19. The number of nitrogens with zero attached hydrogens (tertiary/aromatic N) is 3. The Morgan fingerprint density at radius 1 is 1.11 bits per heavy atom. The van der Waals surface area contributed by atoms with Crippen molar-refractivity contribution in [3.05, 3.63) is 85.2 Å². The summed E-state index contributed by atoms with van der Waals surface area (Å²) in [6.45, 7) is 3.02. The molecule has 1 aliphatic heterocycles. The van der Waals surface area contributed by atoms with Crippen molar-refractivity contribution < 1.29 is 14.7 Å². The van der Waals surface area contributed by atoms with Gasteiger partial charge in [-0.05, 0) is 61.7 Å². The minimum atomic E-state index is -1.12. The second kappa shape index (κ2) is 9.75. The Labute approximate surface area is 204 Å². The van der Waals surface area contributed by atoms with Crippen molar-refractivity contribution in [1.82, 2.24) is 14.1 Å². The summed E-state index contributed by atoms with van der Waals surface area (Å²) in [6.07, 6.45) is 0.914. The van der Waals surface area contributed by atoms with Crippen LogP contribution in [0, 0.1) is 5.92 Å². The van der Waals surface area contributed by atoms with Crippen LogP contribution in [0.3, 0.4) is 0 Å². The molecule has 0 aliphatic carbocycles. The Morgan fingerprint density at radius 3 is 2.51 bits per heavy atom. The number of nitrogens with one attached hydrogen (secondary N) is 2. The molecule has 0 saturated carbocycles. The van der Waals surface area contributed by atoms with Crippen molar-refractivity contribution in [2.45, 2.75) is 39.3 Å². The van der Waals surface area contributed by atoms with Crippen LogP contribution in [0.4, 0.5) is 11.4 Å². The first-order valence-electron chi connectivity index (χ1n) is 11.0. The summed E-state index contributed by atoms with van der Waals surface area (Å²) in [5, 5.41) is 12.7. The van der Waals surface area contributed by atoms with Gasteiger partial charge in [-0.25, -0.2) is 19.1 Å². The highest BCUT2D eigenvalue weighted by Gasteiger charge is 2.25. The van der Waals surface area contributed by atoms with Crippen LogP contribution < -0.4 is 22.3 Å². The number of aromatic amines is 1. The standard InChI is InChI=1S/C24H24ClN5O5/c1-13(21(32)33)14(2)30-23(34)28-22(29(24(30)35)12-15-3-6-17(25)7-4-15)26-18-8-9-19-16(11-18)5-10-20(31)27-19/h3-4,6-9,11,13-14H,5,10,12H2,1-2H3,(H,27,31)(H,32,33)(H,26,28,34)/t13-,14+/m1/s1. The number of aromatic nitrogens is 3. The zero-order valence-corrected chi connectivity index (χ0v) is 19.9. The molecule has 3 aromatic rings. The molecule has 2 atom stereocenters. The molecule has 182 valence electrons. The molecule has 0 saturated heterocycles. The third-order valence-corrected chi connectivity index (χ3v) is 6.38. The maximum atomic E-state index is 13.5. The van der Waals surface area contributed by atoms with E-state index in [0.717, 1.165) is 15.7 Å². The average molecular weight is 498 g/mol. The maximum Gasteiger partial charge on any atom is 0.335 e. The Bertz CT molecular complexity index is 1490. The van der Waals surface area contributed by atoms with Crippen LogP contribution in [0.5, 0.6) is 0 Å². The van der Waals surface area contributed by atoms with Gasteiger partial charge in [0.15, 0.2) is 0 Å². The van der Waals surface area contributed by atoms with Gasteiger partial charge >= 0.3 is 17.3 Å². The highest BCUT2D eigenvalue weighted by atomic mass is 35.5. The van der Waals surface area contributed by atoms with E-state index in [-0.39, 0.29) is 18.1 Å². The first kappa shape index (κ1) is 24.2. The fraction of sp³-hybridized carbons (Fsp3) is 0.292. The highest BCUT2D eigenvalue weighted by Crippen LogP contribution is 2.26. The predicted molar refractivity (Wildman–Crippen MR) is 130 cm³/mol. The number of amides is 1. The third kappa shape index (κ3) is 5.12. The number of halogens is 1. The van der Waals surface area contributed by atoms with E-state index >= 15 is 0 Å². The fourth-order valence-electron chi connectivity index (χ4n) is 3.88. The lowest BCUT2D eigenvalue weighted by atomic mass is 10.0. The molecule has 0 radical (unpaired) electrons. The molecule has 0 bridgehead atoms. The van der Waals surface area contributed by atoms with Crippen molar-refractivity contribution in [2.24, 2.45) is 10.9 Å². The molecule has 1 aromatic heterocycles. The van der Waals surface area contributed by atoms with Crippen LogP contribution in [-0.2, 0) is 22.6 Å². The maximum absolute atomic E-state index is 13.5. The van der Waals surface area contributed by atoms with Crippen LogP contribution >= 0.6 is 11.6 Å². The second-order valence-electron chi connectivity index (χ2n) is 8.49. The van der Waals surface area contributed by atoms with Gasteiger partial charge in [0.2, 0.25) is 11.5 Å². The molecule has 10 nitrogen and oxygen atoms in total. The topological polar surface area (TPSA) is 139 Å². The number of benzene rings is 2. The summed E-state index contributed by atoms with van der Waals surface area (Å²) in [7, 11) is 0. The van der Waals surface area contributed by atoms with E-state index in [0.29, 0.717) is 29.2 Å². The first-order valence-corrected chi connectivity index (χ1v) is 11.4. The minimum absolute atomic E-state index is 0.0150. The monoisotopic (exact) mass is 497 g/mol. The van der Waals surface area contributed by atoms with Crippen LogP contribution in [0.25, 0.3) is 0 Å². The van der Waals surface area contributed by atoms with Crippen LogP contribution in [0.2, 0.25) is 5.02 Å². The van der Waals surface area contributed by atoms with Crippen LogP contribution in [0.15, 0.2) is 57.0 Å². The lowest BCUT2D eigenvalue weighted by molar-refractivity contribution is -0.142. The number of hydrogen-bond donors (Lipinski definition) is 3. The molecule has 3 N–H and O–H groups in total. The second-order valence-corrected chi connectivity index (χ2v) is 8.92. The Kier molecular flexibility index (Phi) is 6.74. The largest absolute Gasteiger partial charge is 0.481 e. The van der Waals surface area contributed by atoms with Crippen molar-refractivity contribution in [3.63, 3.8) is 0 Å². The van der Waals surface area contributed by atoms with Gasteiger partial charge in [-0.15, -0.1) is 0 Å². The third-order valence-electron chi connectivity index (χ3n) is 6.12. The van der Waals surface area contributed by atoms with E-state index in [4.69, 9.17) is 11.6 Å². The van der Waals surface area contributed by atoms with E-state index in [9.17, 15) is 24.3 Å². The average Bonchev–Trinajstić information content (AvgIpc) is 2.82. The molecule has 11 heteroatoms. The number of aliphatic carboxylic acids is 1. The molecule has 1 amide bonds. The summed E-state index contributed by atoms with van der Waals surface area (Å²) in [5.74, 6) is -2.15. The first-order chi connectivity index (χ1) is 16.6. The normalized spacial score (nSPS) is 15.3. The van der Waals surface area contributed by atoms with Crippen molar-refractivity contribution in [3.8, 4) is 0 Å². The van der Waals surface area contributed by atoms with Crippen molar-refractivity contribution in [1.29, 1.82) is 0 Å².